The van der Waals surface area contributed by atoms with E-state index in [0.717, 1.165) is 23.3 Å². The van der Waals surface area contributed by atoms with Crippen molar-refractivity contribution in [2.45, 2.75) is 32.3 Å². The van der Waals surface area contributed by atoms with Crippen LogP contribution in [0.3, 0.4) is 0 Å². The molecule has 0 saturated heterocycles. The Morgan fingerprint density at radius 1 is 1.44 bits per heavy atom. The van der Waals surface area contributed by atoms with Crippen molar-refractivity contribution in [1.29, 1.82) is 0 Å². The van der Waals surface area contributed by atoms with E-state index >= 15 is 0 Å². The highest BCUT2D eigenvalue weighted by Gasteiger charge is 2.21. The molecule has 0 aromatic heterocycles. The lowest BCUT2D eigenvalue weighted by Crippen LogP contribution is -2.38. The van der Waals surface area contributed by atoms with Crippen molar-refractivity contribution in [3.05, 3.63) is 0 Å². The highest BCUT2D eigenvalue weighted by Crippen LogP contribution is 2.16. The van der Waals surface area contributed by atoms with Gasteiger partial charge in [0.2, 0.25) is 0 Å². The third-order valence-corrected chi connectivity index (χ3v) is 2.96. The van der Waals surface area contributed by atoms with E-state index in [0.29, 0.717) is 6.54 Å². The molecule has 0 bridgehead atoms. The summed E-state index contributed by atoms with van der Waals surface area (Å²) in [7, 11) is 0.795. The Morgan fingerprint density at radius 2 is 1.89 bits per heavy atom. The topological polar surface area (TPSA) is 35.2 Å². The van der Waals surface area contributed by atoms with E-state index in [2.05, 4.69) is 13.8 Å². The van der Waals surface area contributed by atoms with Gasteiger partial charge in [0, 0.05) is 6.54 Å². The molecule has 0 unspecified atom stereocenters. The first-order chi connectivity index (χ1) is 4.24. The Balaban J connectivity index is 3.82. The summed E-state index contributed by atoms with van der Waals surface area (Å²) in [5.41, 5.74) is 5.54. The van der Waals surface area contributed by atoms with Crippen molar-refractivity contribution in [3.8, 4) is 0 Å². The van der Waals surface area contributed by atoms with Gasteiger partial charge in [0.25, 0.3) is 0 Å². The molecule has 0 atom stereocenters. The van der Waals surface area contributed by atoms with Crippen LogP contribution in [0.25, 0.3) is 0 Å². The van der Waals surface area contributed by atoms with Gasteiger partial charge in [0.05, 0.1) is 5.60 Å². The number of hydrogen-bond acceptors (Lipinski definition) is 2. The first-order valence-electron chi connectivity index (χ1n) is 3.50. The molecule has 2 nitrogen and oxygen atoms in total. The molecule has 0 fully saturated rings. The maximum Gasteiger partial charge on any atom is 0.146 e. The fourth-order valence-electron chi connectivity index (χ4n) is 0.911. The second kappa shape index (κ2) is 4.03. The van der Waals surface area contributed by atoms with E-state index in [1.165, 1.54) is 0 Å². The smallest absolute Gasteiger partial charge is 0.146 e. The largest absolute Gasteiger partial charge is 0.421 e. The van der Waals surface area contributed by atoms with Crippen LogP contribution in [-0.4, -0.2) is 22.6 Å². The van der Waals surface area contributed by atoms with E-state index in [4.69, 9.17) is 10.2 Å². The maximum absolute atomic E-state index is 5.54. The SMILES string of the molecule is CCC(CC)(CN)O[SiH3]. The highest BCUT2D eigenvalue weighted by molar-refractivity contribution is 5.98. The predicted molar refractivity (Wildman–Crippen MR) is 43.4 cm³/mol. The average Bonchev–Trinajstić information content (AvgIpc) is 1.95. The molecular weight excluding hydrogens is 130 g/mol. The van der Waals surface area contributed by atoms with Gasteiger partial charge in [-0.15, -0.1) is 0 Å². The second-order valence-electron chi connectivity index (χ2n) is 2.30. The molecule has 0 aliphatic carbocycles. The Hall–Kier alpha value is 0.137. The third kappa shape index (κ3) is 2.08. The fourth-order valence-corrected chi connectivity index (χ4v) is 1.65. The summed E-state index contributed by atoms with van der Waals surface area (Å²) in [6.07, 6.45) is 2.06. The molecule has 0 aromatic rings. The molecule has 56 valence electrons. The van der Waals surface area contributed by atoms with Crippen LogP contribution in [-0.2, 0) is 4.43 Å². The zero-order chi connectivity index (χ0) is 7.33. The van der Waals surface area contributed by atoms with E-state index in [-0.39, 0.29) is 5.60 Å². The minimum Gasteiger partial charge on any atom is -0.421 e. The number of hydrogen-bond donors (Lipinski definition) is 1. The van der Waals surface area contributed by atoms with Crippen molar-refractivity contribution >= 4 is 10.5 Å². The Bertz CT molecular complexity index is 55.9. The van der Waals surface area contributed by atoms with Gasteiger partial charge in [-0.25, -0.2) is 0 Å². The highest BCUT2D eigenvalue weighted by atomic mass is 28.2. The van der Waals surface area contributed by atoms with Gasteiger partial charge in [0.1, 0.15) is 10.5 Å². The van der Waals surface area contributed by atoms with Crippen molar-refractivity contribution in [2.24, 2.45) is 5.73 Å². The molecule has 0 saturated carbocycles. The molecule has 2 N–H and O–H groups in total. The van der Waals surface area contributed by atoms with Crippen molar-refractivity contribution in [1.82, 2.24) is 0 Å². The summed E-state index contributed by atoms with van der Waals surface area (Å²) < 4.78 is 5.40. The molecule has 0 aliphatic rings. The van der Waals surface area contributed by atoms with Gasteiger partial charge in [-0.1, -0.05) is 13.8 Å². The van der Waals surface area contributed by atoms with Crippen molar-refractivity contribution < 1.29 is 4.43 Å². The predicted octanol–water partition coefficient (Wildman–Crippen LogP) is -0.199. The van der Waals surface area contributed by atoms with Gasteiger partial charge in [-0.3, -0.25) is 0 Å². The van der Waals surface area contributed by atoms with Crippen molar-refractivity contribution in [3.63, 3.8) is 0 Å². The first-order valence-corrected chi connectivity index (χ1v) is 4.31. The molecule has 9 heavy (non-hydrogen) atoms. The lowest BCUT2D eigenvalue weighted by molar-refractivity contribution is 0.0805. The second-order valence-corrected chi connectivity index (χ2v) is 2.71. The normalized spacial score (nSPS) is 12.3. The fraction of sp³-hybridized carbons (Fsp3) is 1.00. The van der Waals surface area contributed by atoms with Crippen LogP contribution >= 0.6 is 0 Å². The quantitative estimate of drug-likeness (QED) is 0.559. The summed E-state index contributed by atoms with van der Waals surface area (Å²) in [5.74, 6) is 0. The van der Waals surface area contributed by atoms with Gasteiger partial charge in [-0.2, -0.15) is 0 Å². The number of nitrogens with two attached hydrogens (primary N) is 1. The van der Waals surface area contributed by atoms with Gasteiger partial charge in [0.15, 0.2) is 0 Å². The molecular formula is C6H17NOSi. The van der Waals surface area contributed by atoms with Crippen LogP contribution in [0, 0.1) is 0 Å². The van der Waals surface area contributed by atoms with Crippen LogP contribution in [0.4, 0.5) is 0 Å². The van der Waals surface area contributed by atoms with Crippen LogP contribution in [0.2, 0.25) is 0 Å². The molecule has 0 aromatic carbocycles. The van der Waals surface area contributed by atoms with Crippen molar-refractivity contribution in [2.75, 3.05) is 6.54 Å². The Labute approximate surface area is 60.3 Å². The van der Waals surface area contributed by atoms with E-state index in [1.807, 2.05) is 0 Å². The molecule has 0 radical (unpaired) electrons. The van der Waals surface area contributed by atoms with Crippen LogP contribution < -0.4 is 5.73 Å². The Kier molecular flexibility index (Phi) is 4.09. The lowest BCUT2D eigenvalue weighted by Gasteiger charge is -2.28. The minimum absolute atomic E-state index is 0.00617. The van der Waals surface area contributed by atoms with Gasteiger partial charge < -0.3 is 10.2 Å². The van der Waals surface area contributed by atoms with Crippen LogP contribution in [0.15, 0.2) is 0 Å². The van der Waals surface area contributed by atoms with E-state index in [1.54, 1.807) is 0 Å². The monoisotopic (exact) mass is 147 g/mol. The molecule has 0 heterocycles. The van der Waals surface area contributed by atoms with E-state index in [9.17, 15) is 0 Å². The third-order valence-electron chi connectivity index (χ3n) is 2.09. The molecule has 0 amide bonds. The summed E-state index contributed by atoms with van der Waals surface area (Å²) >= 11 is 0. The zero-order valence-corrected chi connectivity index (χ0v) is 8.61. The lowest BCUT2D eigenvalue weighted by atomic mass is 9.98. The average molecular weight is 147 g/mol. The summed E-state index contributed by atoms with van der Waals surface area (Å²) in [4.78, 5) is 0. The van der Waals surface area contributed by atoms with E-state index < -0.39 is 0 Å². The molecule has 3 heteroatoms. The molecule has 0 aliphatic heterocycles. The first kappa shape index (κ1) is 9.14. The van der Waals surface area contributed by atoms with Gasteiger partial charge >= 0.3 is 0 Å². The van der Waals surface area contributed by atoms with Crippen LogP contribution in [0.5, 0.6) is 0 Å². The maximum atomic E-state index is 5.54. The Morgan fingerprint density at radius 3 is 1.89 bits per heavy atom. The summed E-state index contributed by atoms with van der Waals surface area (Å²) in [5, 5.41) is 0. The zero-order valence-electron chi connectivity index (χ0n) is 6.61. The molecule has 0 rings (SSSR count). The minimum atomic E-state index is 0.00617. The summed E-state index contributed by atoms with van der Waals surface area (Å²) in [6.45, 7) is 4.89. The van der Waals surface area contributed by atoms with Gasteiger partial charge in [-0.05, 0) is 12.8 Å². The molecule has 0 spiro atoms. The summed E-state index contributed by atoms with van der Waals surface area (Å²) in [6, 6.07) is 0. The standard InChI is InChI=1S/C6H17NOSi/c1-3-6(4-2,5-7)8-9/h3-5,7H2,1-2,9H3. The van der Waals surface area contributed by atoms with Crippen LogP contribution in [0.1, 0.15) is 26.7 Å². The number of rotatable bonds is 4.